The molecule has 0 aromatic carbocycles. The molecule has 3 rings (SSSR count). The lowest BCUT2D eigenvalue weighted by atomic mass is 9.67. The van der Waals surface area contributed by atoms with Crippen LogP contribution in [0.2, 0.25) is 0 Å². The first kappa shape index (κ1) is 14.1. The predicted molar refractivity (Wildman–Crippen MR) is 74.6 cm³/mol. The molecule has 104 valence electrons. The van der Waals surface area contributed by atoms with Gasteiger partial charge in [0, 0.05) is 18.5 Å². The van der Waals surface area contributed by atoms with E-state index in [9.17, 15) is 4.79 Å². The molecule has 0 heterocycles. The summed E-state index contributed by atoms with van der Waals surface area (Å²) in [6.07, 6.45) is 9.37. The molecular weight excluding hydrogens is 248 g/mol. The van der Waals surface area contributed by atoms with Crippen LogP contribution >= 0.6 is 12.4 Å². The van der Waals surface area contributed by atoms with Gasteiger partial charge in [0.05, 0.1) is 0 Å². The van der Waals surface area contributed by atoms with Gasteiger partial charge in [-0.2, -0.15) is 0 Å². The first-order chi connectivity index (χ1) is 8.22. The van der Waals surface area contributed by atoms with Gasteiger partial charge in [-0.3, -0.25) is 4.79 Å². The van der Waals surface area contributed by atoms with E-state index in [0.717, 1.165) is 19.3 Å². The lowest BCUT2D eigenvalue weighted by Crippen LogP contribution is -2.53. The van der Waals surface area contributed by atoms with E-state index in [2.05, 4.69) is 5.32 Å². The summed E-state index contributed by atoms with van der Waals surface area (Å²) in [4.78, 5) is 11.9. The van der Waals surface area contributed by atoms with Crippen molar-refractivity contribution in [3.63, 3.8) is 0 Å². The molecule has 0 saturated heterocycles. The molecule has 2 unspecified atom stereocenters. The second-order valence-electron chi connectivity index (χ2n) is 6.42. The Hall–Kier alpha value is -0.280. The molecule has 0 spiro atoms. The number of carbonyl (C=O) groups excluding carboxylic acids is 1. The molecule has 3 saturated carbocycles. The quantitative estimate of drug-likeness (QED) is 0.828. The van der Waals surface area contributed by atoms with Crippen molar-refractivity contribution >= 4 is 18.3 Å². The zero-order valence-corrected chi connectivity index (χ0v) is 11.8. The molecule has 2 bridgehead atoms. The van der Waals surface area contributed by atoms with E-state index in [1.54, 1.807) is 0 Å². The maximum atomic E-state index is 11.9. The number of hydrogen-bond acceptors (Lipinski definition) is 2. The Labute approximate surface area is 116 Å². The Morgan fingerprint density at radius 2 is 1.72 bits per heavy atom. The highest BCUT2D eigenvalue weighted by Crippen LogP contribution is 2.40. The largest absolute Gasteiger partial charge is 0.353 e. The molecule has 4 heteroatoms. The van der Waals surface area contributed by atoms with Crippen molar-refractivity contribution < 1.29 is 4.79 Å². The van der Waals surface area contributed by atoms with Crippen LogP contribution in [-0.2, 0) is 4.79 Å². The highest BCUT2D eigenvalue weighted by molar-refractivity contribution is 5.85. The van der Waals surface area contributed by atoms with Gasteiger partial charge in [0.15, 0.2) is 0 Å². The van der Waals surface area contributed by atoms with E-state index in [4.69, 9.17) is 5.73 Å². The van der Waals surface area contributed by atoms with E-state index in [-0.39, 0.29) is 12.4 Å². The van der Waals surface area contributed by atoms with Gasteiger partial charge in [-0.1, -0.05) is 6.42 Å². The van der Waals surface area contributed by atoms with Crippen LogP contribution in [0.4, 0.5) is 0 Å². The Morgan fingerprint density at radius 3 is 2.28 bits per heavy atom. The Morgan fingerprint density at radius 1 is 1.11 bits per heavy atom. The molecule has 3 aliphatic carbocycles. The minimum Gasteiger partial charge on any atom is -0.353 e. The molecule has 0 aromatic rings. The SMILES string of the molecule is Cl.NC1CC2CCCC(C1)C2NC(=O)CC1CC1. The third-order valence-electron chi connectivity index (χ3n) is 4.88. The van der Waals surface area contributed by atoms with Crippen LogP contribution in [0.3, 0.4) is 0 Å². The Bertz CT molecular complexity index is 292. The van der Waals surface area contributed by atoms with Gasteiger partial charge < -0.3 is 11.1 Å². The lowest BCUT2D eigenvalue weighted by molar-refractivity contribution is -0.123. The van der Waals surface area contributed by atoms with Gasteiger partial charge in [0.2, 0.25) is 5.91 Å². The Balaban J connectivity index is 0.00000120. The van der Waals surface area contributed by atoms with Crippen molar-refractivity contribution in [1.29, 1.82) is 0 Å². The second-order valence-corrected chi connectivity index (χ2v) is 6.42. The number of nitrogens with one attached hydrogen (secondary N) is 1. The smallest absolute Gasteiger partial charge is 0.220 e. The number of carbonyl (C=O) groups is 1. The van der Waals surface area contributed by atoms with Gasteiger partial charge in [-0.15, -0.1) is 12.4 Å². The summed E-state index contributed by atoms with van der Waals surface area (Å²) >= 11 is 0. The van der Waals surface area contributed by atoms with Gasteiger partial charge in [0.25, 0.3) is 0 Å². The summed E-state index contributed by atoms with van der Waals surface area (Å²) in [5.41, 5.74) is 6.10. The molecule has 3 nitrogen and oxygen atoms in total. The van der Waals surface area contributed by atoms with Crippen LogP contribution in [0.1, 0.15) is 51.4 Å². The fourth-order valence-corrected chi connectivity index (χ4v) is 3.85. The van der Waals surface area contributed by atoms with E-state index in [0.29, 0.717) is 35.7 Å². The Kier molecular flexibility index (Phi) is 4.54. The van der Waals surface area contributed by atoms with Crippen LogP contribution in [-0.4, -0.2) is 18.0 Å². The fraction of sp³-hybridized carbons (Fsp3) is 0.929. The minimum absolute atomic E-state index is 0. The van der Waals surface area contributed by atoms with Gasteiger partial charge in [-0.05, 0) is 56.3 Å². The minimum atomic E-state index is 0. The maximum Gasteiger partial charge on any atom is 0.220 e. The normalized spacial score (nSPS) is 38.7. The fourth-order valence-electron chi connectivity index (χ4n) is 3.85. The number of nitrogens with two attached hydrogens (primary N) is 1. The zero-order chi connectivity index (χ0) is 11.8. The summed E-state index contributed by atoms with van der Waals surface area (Å²) in [5, 5.41) is 3.32. The molecule has 0 radical (unpaired) electrons. The van der Waals surface area contributed by atoms with Crippen LogP contribution in [0.5, 0.6) is 0 Å². The number of fused-ring (bicyclic) bond motifs is 2. The average Bonchev–Trinajstić information content (AvgIpc) is 3.03. The standard InChI is InChI=1S/C14H24N2O.ClH/c15-12-7-10-2-1-3-11(8-12)14(10)16-13(17)6-9-4-5-9;/h9-12,14H,1-8,15H2,(H,16,17);1H. The number of rotatable bonds is 3. The molecule has 3 aliphatic rings. The van der Waals surface area contributed by atoms with Crippen LogP contribution < -0.4 is 11.1 Å². The number of halogens is 1. The van der Waals surface area contributed by atoms with Crippen LogP contribution in [0.25, 0.3) is 0 Å². The third-order valence-corrected chi connectivity index (χ3v) is 4.88. The molecular formula is C14H25ClN2O. The van der Waals surface area contributed by atoms with Crippen molar-refractivity contribution in [2.24, 2.45) is 23.5 Å². The van der Waals surface area contributed by atoms with Crippen LogP contribution in [0, 0.1) is 17.8 Å². The molecule has 2 atom stereocenters. The van der Waals surface area contributed by atoms with Crippen LogP contribution in [0.15, 0.2) is 0 Å². The summed E-state index contributed by atoms with van der Waals surface area (Å²) < 4.78 is 0. The molecule has 1 amide bonds. The second kappa shape index (κ2) is 5.79. The lowest BCUT2D eigenvalue weighted by Gasteiger charge is -2.45. The monoisotopic (exact) mass is 272 g/mol. The average molecular weight is 273 g/mol. The molecule has 0 aromatic heterocycles. The van der Waals surface area contributed by atoms with Crippen molar-refractivity contribution in [3.8, 4) is 0 Å². The number of amides is 1. The summed E-state index contributed by atoms with van der Waals surface area (Å²) in [5.74, 6) is 2.30. The van der Waals surface area contributed by atoms with Crippen molar-refractivity contribution in [2.75, 3.05) is 0 Å². The van der Waals surface area contributed by atoms with E-state index < -0.39 is 0 Å². The van der Waals surface area contributed by atoms with Gasteiger partial charge in [-0.25, -0.2) is 0 Å². The topological polar surface area (TPSA) is 55.1 Å². The van der Waals surface area contributed by atoms with Crippen molar-refractivity contribution in [3.05, 3.63) is 0 Å². The first-order valence-corrected chi connectivity index (χ1v) is 7.27. The van der Waals surface area contributed by atoms with E-state index in [1.807, 2.05) is 0 Å². The first-order valence-electron chi connectivity index (χ1n) is 7.27. The van der Waals surface area contributed by atoms with E-state index in [1.165, 1.54) is 32.1 Å². The summed E-state index contributed by atoms with van der Waals surface area (Å²) in [7, 11) is 0. The molecule has 3 fully saturated rings. The molecule has 18 heavy (non-hydrogen) atoms. The molecule has 3 N–H and O–H groups in total. The number of hydrogen-bond donors (Lipinski definition) is 2. The van der Waals surface area contributed by atoms with Gasteiger partial charge in [0.1, 0.15) is 0 Å². The molecule has 0 aliphatic heterocycles. The van der Waals surface area contributed by atoms with Crippen molar-refractivity contribution in [1.82, 2.24) is 5.32 Å². The maximum absolute atomic E-state index is 11.9. The highest BCUT2D eigenvalue weighted by atomic mass is 35.5. The van der Waals surface area contributed by atoms with E-state index >= 15 is 0 Å². The zero-order valence-electron chi connectivity index (χ0n) is 10.9. The van der Waals surface area contributed by atoms with Crippen molar-refractivity contribution in [2.45, 2.75) is 63.5 Å². The summed E-state index contributed by atoms with van der Waals surface area (Å²) in [6, 6.07) is 0.816. The predicted octanol–water partition coefficient (Wildman–Crippen LogP) is 2.23. The highest BCUT2D eigenvalue weighted by Gasteiger charge is 2.40. The third kappa shape index (κ3) is 3.18. The van der Waals surface area contributed by atoms with Gasteiger partial charge >= 0.3 is 0 Å². The summed E-state index contributed by atoms with van der Waals surface area (Å²) in [6.45, 7) is 0.